The summed E-state index contributed by atoms with van der Waals surface area (Å²) < 4.78 is 0. The van der Waals surface area contributed by atoms with Crippen LogP contribution in [-0.2, 0) is 13.0 Å². The highest BCUT2D eigenvalue weighted by molar-refractivity contribution is 5.85. The number of hydrogen-bond acceptors (Lipinski definition) is 2. The third-order valence-corrected chi connectivity index (χ3v) is 4.58. The zero-order valence-corrected chi connectivity index (χ0v) is 12.6. The fourth-order valence-electron chi connectivity index (χ4n) is 3.42. The second-order valence-corrected chi connectivity index (χ2v) is 5.90. The number of aryl methyl sites for hydroxylation is 1. The summed E-state index contributed by atoms with van der Waals surface area (Å²) in [5.41, 5.74) is 4.91. The molecule has 0 unspecified atom stereocenters. The molecule has 22 heavy (non-hydrogen) atoms. The Balaban J connectivity index is 1.82. The Kier molecular flexibility index (Phi) is 3.00. The van der Waals surface area contributed by atoms with Gasteiger partial charge in [-0.3, -0.25) is 4.79 Å². The van der Waals surface area contributed by atoms with Crippen LogP contribution >= 0.6 is 0 Å². The Bertz CT molecular complexity index is 911. The minimum absolute atomic E-state index is 0.00123. The Labute approximate surface area is 129 Å². The highest BCUT2D eigenvalue weighted by Gasteiger charge is 2.20. The third-order valence-electron chi connectivity index (χ3n) is 4.58. The first-order valence-corrected chi connectivity index (χ1v) is 7.67. The van der Waals surface area contributed by atoms with Crippen molar-refractivity contribution in [3.63, 3.8) is 0 Å². The SMILES string of the molecule is Cc1[nH]c(=O)c2ccccc2c1CN1CCc2ccccc21. The van der Waals surface area contributed by atoms with E-state index in [9.17, 15) is 4.79 Å². The van der Waals surface area contributed by atoms with E-state index in [1.807, 2.05) is 25.1 Å². The molecule has 4 rings (SSSR count). The molecule has 2 heterocycles. The molecule has 0 atom stereocenters. The van der Waals surface area contributed by atoms with Crippen LogP contribution in [0.25, 0.3) is 10.8 Å². The van der Waals surface area contributed by atoms with Crippen molar-refractivity contribution < 1.29 is 0 Å². The number of nitrogens with zero attached hydrogens (tertiary/aromatic N) is 1. The van der Waals surface area contributed by atoms with Crippen LogP contribution in [0.2, 0.25) is 0 Å². The molecule has 0 spiro atoms. The Morgan fingerprint density at radius 2 is 1.77 bits per heavy atom. The van der Waals surface area contributed by atoms with Gasteiger partial charge in [0.1, 0.15) is 0 Å². The number of aromatic amines is 1. The first-order chi connectivity index (χ1) is 10.7. The topological polar surface area (TPSA) is 36.1 Å². The minimum Gasteiger partial charge on any atom is -0.367 e. The van der Waals surface area contributed by atoms with Gasteiger partial charge in [-0.1, -0.05) is 36.4 Å². The number of para-hydroxylation sites is 1. The quantitative estimate of drug-likeness (QED) is 0.785. The summed E-state index contributed by atoms with van der Waals surface area (Å²) in [7, 11) is 0. The third kappa shape index (κ3) is 2.01. The smallest absolute Gasteiger partial charge is 0.256 e. The summed E-state index contributed by atoms with van der Waals surface area (Å²) >= 11 is 0. The predicted molar refractivity (Wildman–Crippen MR) is 90.5 cm³/mol. The van der Waals surface area contributed by atoms with Gasteiger partial charge < -0.3 is 9.88 Å². The van der Waals surface area contributed by atoms with Crippen LogP contribution in [0.1, 0.15) is 16.8 Å². The summed E-state index contributed by atoms with van der Waals surface area (Å²) in [6.07, 6.45) is 1.09. The molecule has 0 saturated carbocycles. The van der Waals surface area contributed by atoms with Crippen LogP contribution in [0.4, 0.5) is 5.69 Å². The number of H-pyrrole nitrogens is 1. The summed E-state index contributed by atoms with van der Waals surface area (Å²) in [4.78, 5) is 17.5. The van der Waals surface area contributed by atoms with Gasteiger partial charge in [-0.15, -0.1) is 0 Å². The highest BCUT2D eigenvalue weighted by atomic mass is 16.1. The van der Waals surface area contributed by atoms with Crippen molar-refractivity contribution in [3.05, 3.63) is 75.7 Å². The van der Waals surface area contributed by atoms with E-state index in [0.29, 0.717) is 0 Å². The highest BCUT2D eigenvalue weighted by Crippen LogP contribution is 2.30. The van der Waals surface area contributed by atoms with Crippen molar-refractivity contribution in [2.45, 2.75) is 19.9 Å². The molecule has 2 aromatic carbocycles. The lowest BCUT2D eigenvalue weighted by Gasteiger charge is -2.21. The summed E-state index contributed by atoms with van der Waals surface area (Å²) in [6, 6.07) is 16.4. The van der Waals surface area contributed by atoms with Crippen LogP contribution in [0.15, 0.2) is 53.3 Å². The van der Waals surface area contributed by atoms with Crippen molar-refractivity contribution >= 4 is 16.5 Å². The van der Waals surface area contributed by atoms with E-state index < -0.39 is 0 Å². The van der Waals surface area contributed by atoms with Gasteiger partial charge in [0.2, 0.25) is 0 Å². The summed E-state index contributed by atoms with van der Waals surface area (Å²) in [6.45, 7) is 3.86. The van der Waals surface area contributed by atoms with E-state index in [1.165, 1.54) is 16.8 Å². The van der Waals surface area contributed by atoms with Gasteiger partial charge in [-0.05, 0) is 42.0 Å². The Morgan fingerprint density at radius 3 is 2.64 bits per heavy atom. The normalized spacial score (nSPS) is 13.6. The number of anilines is 1. The second-order valence-electron chi connectivity index (χ2n) is 5.90. The predicted octanol–water partition coefficient (Wildman–Crippen LogP) is 3.40. The van der Waals surface area contributed by atoms with Crippen molar-refractivity contribution in [3.8, 4) is 0 Å². The molecule has 0 saturated heterocycles. The number of benzene rings is 2. The van der Waals surface area contributed by atoms with Gasteiger partial charge >= 0.3 is 0 Å². The molecular formula is C19H18N2O. The molecule has 3 nitrogen and oxygen atoms in total. The first kappa shape index (κ1) is 13.1. The van der Waals surface area contributed by atoms with Crippen LogP contribution in [-0.4, -0.2) is 11.5 Å². The van der Waals surface area contributed by atoms with Crippen molar-refractivity contribution in [2.75, 3.05) is 11.4 Å². The van der Waals surface area contributed by atoms with Gasteiger partial charge in [0, 0.05) is 29.9 Å². The average molecular weight is 290 g/mol. The molecule has 1 aromatic heterocycles. The lowest BCUT2D eigenvalue weighted by atomic mass is 10.0. The van der Waals surface area contributed by atoms with Gasteiger partial charge in [0.15, 0.2) is 0 Å². The molecule has 0 fully saturated rings. The maximum atomic E-state index is 12.1. The lowest BCUT2D eigenvalue weighted by molar-refractivity contribution is 0.830. The molecule has 1 aliphatic heterocycles. The van der Waals surface area contributed by atoms with E-state index in [1.54, 1.807) is 0 Å². The second kappa shape index (κ2) is 5.02. The molecule has 3 heteroatoms. The lowest BCUT2D eigenvalue weighted by Crippen LogP contribution is -2.22. The molecule has 0 radical (unpaired) electrons. The minimum atomic E-state index is -0.00123. The molecule has 3 aromatic rings. The van der Waals surface area contributed by atoms with E-state index in [-0.39, 0.29) is 5.56 Å². The number of pyridine rings is 1. The fraction of sp³-hybridized carbons (Fsp3) is 0.211. The molecule has 0 aliphatic carbocycles. The maximum Gasteiger partial charge on any atom is 0.256 e. The number of nitrogens with one attached hydrogen (secondary N) is 1. The molecule has 1 aliphatic rings. The van der Waals surface area contributed by atoms with E-state index in [0.717, 1.165) is 36.0 Å². The molecule has 0 amide bonds. The van der Waals surface area contributed by atoms with E-state index >= 15 is 0 Å². The number of aromatic nitrogens is 1. The Hall–Kier alpha value is -2.55. The van der Waals surface area contributed by atoms with E-state index in [2.05, 4.69) is 40.2 Å². The average Bonchev–Trinajstić information content (AvgIpc) is 2.95. The molecular weight excluding hydrogens is 272 g/mol. The van der Waals surface area contributed by atoms with Gasteiger partial charge in [-0.25, -0.2) is 0 Å². The number of hydrogen-bond donors (Lipinski definition) is 1. The van der Waals surface area contributed by atoms with Crippen LogP contribution in [0, 0.1) is 6.92 Å². The summed E-state index contributed by atoms with van der Waals surface area (Å²) in [5.74, 6) is 0. The van der Waals surface area contributed by atoms with Crippen molar-refractivity contribution in [2.24, 2.45) is 0 Å². The van der Waals surface area contributed by atoms with Gasteiger partial charge in [0.25, 0.3) is 5.56 Å². The van der Waals surface area contributed by atoms with Crippen LogP contribution in [0.3, 0.4) is 0 Å². The van der Waals surface area contributed by atoms with Crippen LogP contribution in [0.5, 0.6) is 0 Å². The monoisotopic (exact) mass is 290 g/mol. The first-order valence-electron chi connectivity index (χ1n) is 7.67. The maximum absolute atomic E-state index is 12.1. The zero-order valence-electron chi connectivity index (χ0n) is 12.6. The number of rotatable bonds is 2. The number of fused-ring (bicyclic) bond motifs is 2. The van der Waals surface area contributed by atoms with E-state index in [4.69, 9.17) is 0 Å². The summed E-state index contributed by atoms with van der Waals surface area (Å²) in [5, 5.41) is 1.84. The molecule has 0 bridgehead atoms. The van der Waals surface area contributed by atoms with Crippen molar-refractivity contribution in [1.29, 1.82) is 0 Å². The molecule has 110 valence electrons. The molecule has 1 N–H and O–H groups in total. The Morgan fingerprint density at radius 1 is 1.05 bits per heavy atom. The van der Waals surface area contributed by atoms with Gasteiger partial charge in [0.05, 0.1) is 0 Å². The fourth-order valence-corrected chi connectivity index (χ4v) is 3.42. The zero-order chi connectivity index (χ0) is 15.1. The van der Waals surface area contributed by atoms with Crippen molar-refractivity contribution in [1.82, 2.24) is 4.98 Å². The standard InChI is InChI=1S/C19H18N2O/c1-13-17(15-7-3-4-8-16(15)19(22)20-13)12-21-11-10-14-6-2-5-9-18(14)21/h2-9H,10-12H2,1H3,(H,20,22). The van der Waals surface area contributed by atoms with Gasteiger partial charge in [-0.2, -0.15) is 0 Å². The largest absolute Gasteiger partial charge is 0.367 e. The van der Waals surface area contributed by atoms with Crippen LogP contribution < -0.4 is 10.5 Å².